The van der Waals surface area contributed by atoms with Gasteiger partial charge in [0.15, 0.2) is 0 Å². The molecule has 0 saturated carbocycles. The third-order valence-electron chi connectivity index (χ3n) is 2.31. The van der Waals surface area contributed by atoms with E-state index in [0.717, 1.165) is 21.5 Å². The van der Waals surface area contributed by atoms with Crippen molar-refractivity contribution < 1.29 is 0 Å². The lowest BCUT2D eigenvalue weighted by Gasteiger charge is -2.10. The van der Waals surface area contributed by atoms with Crippen molar-refractivity contribution >= 4 is 39.0 Å². The van der Waals surface area contributed by atoms with Gasteiger partial charge in [-0.2, -0.15) is 0 Å². The van der Waals surface area contributed by atoms with E-state index < -0.39 is 0 Å². The maximum Gasteiger partial charge on any atom is 0.138 e. The van der Waals surface area contributed by atoms with Crippen LogP contribution in [0.3, 0.4) is 0 Å². The number of halogens is 2. The van der Waals surface area contributed by atoms with Crippen molar-refractivity contribution in [2.45, 2.75) is 13.8 Å². The van der Waals surface area contributed by atoms with E-state index in [-0.39, 0.29) is 0 Å². The number of aryl methyl sites for hydroxylation is 1. The third-order valence-corrected chi connectivity index (χ3v) is 3.20. The van der Waals surface area contributed by atoms with E-state index in [1.54, 1.807) is 0 Å². The highest BCUT2D eigenvalue weighted by Gasteiger charge is 2.07. The quantitative estimate of drug-likeness (QED) is 0.842. The molecule has 1 aromatic heterocycles. The first-order valence-electron chi connectivity index (χ1n) is 5.09. The number of nitrogens with one attached hydrogen (secondary N) is 1. The molecule has 0 amide bonds. The normalized spacial score (nSPS) is 10.4. The van der Waals surface area contributed by atoms with Crippen LogP contribution in [0.15, 0.2) is 28.7 Å². The van der Waals surface area contributed by atoms with Gasteiger partial charge in [-0.15, -0.1) is 0 Å². The monoisotopic (exact) mass is 311 g/mol. The van der Waals surface area contributed by atoms with Crippen LogP contribution in [0.1, 0.15) is 11.4 Å². The fourth-order valence-electron chi connectivity index (χ4n) is 1.39. The van der Waals surface area contributed by atoms with Crippen molar-refractivity contribution in [1.29, 1.82) is 0 Å². The second kappa shape index (κ2) is 5.02. The second-order valence-electron chi connectivity index (χ2n) is 3.67. The fraction of sp³-hybridized carbons (Fsp3) is 0.167. The molecule has 1 N–H and O–H groups in total. The molecule has 0 bridgehead atoms. The second-order valence-corrected chi connectivity index (χ2v) is 4.94. The highest BCUT2D eigenvalue weighted by Crippen LogP contribution is 2.24. The van der Waals surface area contributed by atoms with Gasteiger partial charge in [0.25, 0.3) is 0 Å². The summed E-state index contributed by atoms with van der Waals surface area (Å²) in [5, 5.41) is 3.71. The summed E-state index contributed by atoms with van der Waals surface area (Å²) in [6, 6.07) is 7.87. The van der Waals surface area contributed by atoms with Crippen molar-refractivity contribution in [1.82, 2.24) is 9.97 Å². The fourth-order valence-corrected chi connectivity index (χ4v) is 1.86. The molecular weight excluding hydrogens is 302 g/mol. The molecule has 0 spiro atoms. The van der Waals surface area contributed by atoms with Crippen LogP contribution < -0.4 is 5.32 Å². The molecule has 0 aliphatic carbocycles. The molecule has 0 fully saturated rings. The molecule has 0 radical (unpaired) electrons. The zero-order chi connectivity index (χ0) is 12.4. The van der Waals surface area contributed by atoms with Gasteiger partial charge in [0.05, 0.1) is 0 Å². The predicted molar refractivity (Wildman–Crippen MR) is 73.9 cm³/mol. The highest BCUT2D eigenvalue weighted by atomic mass is 79.9. The Morgan fingerprint density at radius 1 is 1.12 bits per heavy atom. The molecule has 0 saturated heterocycles. The lowest BCUT2D eigenvalue weighted by Crippen LogP contribution is -2.00. The van der Waals surface area contributed by atoms with Crippen LogP contribution in [0, 0.1) is 13.8 Å². The van der Waals surface area contributed by atoms with Crippen molar-refractivity contribution in [3.8, 4) is 0 Å². The Morgan fingerprint density at radius 3 is 2.41 bits per heavy atom. The van der Waals surface area contributed by atoms with Gasteiger partial charge in [0.2, 0.25) is 0 Å². The van der Waals surface area contributed by atoms with E-state index in [0.29, 0.717) is 11.0 Å². The molecule has 0 aliphatic rings. The van der Waals surface area contributed by atoms with Crippen LogP contribution in [-0.2, 0) is 0 Å². The summed E-state index contributed by atoms with van der Waals surface area (Å²) in [5.74, 6) is 1.39. The molecule has 0 unspecified atom stereocenters. The van der Waals surface area contributed by atoms with E-state index in [1.165, 1.54) is 0 Å². The summed E-state index contributed by atoms with van der Waals surface area (Å²) in [6.07, 6.45) is 0. The zero-order valence-corrected chi connectivity index (χ0v) is 11.8. The minimum absolute atomic E-state index is 0.483. The SMILES string of the molecule is Cc1nc(Cl)c(C)c(Nc2ccc(Br)cc2)n1. The first kappa shape index (κ1) is 12.3. The summed E-state index contributed by atoms with van der Waals surface area (Å²) in [7, 11) is 0. The maximum absolute atomic E-state index is 6.01. The van der Waals surface area contributed by atoms with Gasteiger partial charge in [-0.25, -0.2) is 9.97 Å². The lowest BCUT2D eigenvalue weighted by atomic mass is 10.3. The summed E-state index contributed by atoms with van der Waals surface area (Å²) >= 11 is 9.41. The van der Waals surface area contributed by atoms with Crippen LogP contribution in [0.25, 0.3) is 0 Å². The van der Waals surface area contributed by atoms with Crippen LogP contribution in [0.4, 0.5) is 11.5 Å². The minimum Gasteiger partial charge on any atom is -0.340 e. The molecule has 0 atom stereocenters. The van der Waals surface area contributed by atoms with Gasteiger partial charge in [-0.05, 0) is 38.1 Å². The number of hydrogen-bond donors (Lipinski definition) is 1. The van der Waals surface area contributed by atoms with E-state index in [1.807, 2.05) is 38.1 Å². The smallest absolute Gasteiger partial charge is 0.138 e. The Labute approximate surface area is 113 Å². The number of benzene rings is 1. The first-order valence-corrected chi connectivity index (χ1v) is 6.26. The molecule has 2 aromatic rings. The molecule has 3 nitrogen and oxygen atoms in total. The Balaban J connectivity index is 2.32. The Bertz CT molecular complexity index is 540. The van der Waals surface area contributed by atoms with Gasteiger partial charge >= 0.3 is 0 Å². The molecule has 2 rings (SSSR count). The van der Waals surface area contributed by atoms with Crippen LogP contribution >= 0.6 is 27.5 Å². The minimum atomic E-state index is 0.483. The van der Waals surface area contributed by atoms with Crippen LogP contribution in [0.2, 0.25) is 5.15 Å². The Kier molecular flexibility index (Phi) is 3.64. The molecule has 0 aliphatic heterocycles. The predicted octanol–water partition coefficient (Wildman–Crippen LogP) is 4.25. The topological polar surface area (TPSA) is 37.8 Å². The van der Waals surface area contributed by atoms with Crippen molar-refractivity contribution in [2.24, 2.45) is 0 Å². The molecule has 5 heteroatoms. The van der Waals surface area contributed by atoms with Gasteiger partial charge in [0.1, 0.15) is 16.8 Å². The van der Waals surface area contributed by atoms with Crippen molar-refractivity contribution in [3.05, 3.63) is 45.3 Å². The molecule has 88 valence electrons. The van der Waals surface area contributed by atoms with E-state index in [4.69, 9.17) is 11.6 Å². The van der Waals surface area contributed by atoms with E-state index in [2.05, 4.69) is 31.2 Å². The van der Waals surface area contributed by atoms with Crippen molar-refractivity contribution in [2.75, 3.05) is 5.32 Å². The lowest BCUT2D eigenvalue weighted by molar-refractivity contribution is 1.04. The number of anilines is 2. The van der Waals surface area contributed by atoms with Crippen molar-refractivity contribution in [3.63, 3.8) is 0 Å². The van der Waals surface area contributed by atoms with Crippen LogP contribution in [-0.4, -0.2) is 9.97 Å². The van der Waals surface area contributed by atoms with E-state index in [9.17, 15) is 0 Å². The average Bonchev–Trinajstić information content (AvgIpc) is 2.28. The molecule has 1 heterocycles. The largest absolute Gasteiger partial charge is 0.340 e. The molecule has 17 heavy (non-hydrogen) atoms. The van der Waals surface area contributed by atoms with E-state index >= 15 is 0 Å². The number of hydrogen-bond acceptors (Lipinski definition) is 3. The van der Waals surface area contributed by atoms with Gasteiger partial charge in [0, 0.05) is 15.7 Å². The summed E-state index contributed by atoms with van der Waals surface area (Å²) in [4.78, 5) is 8.43. The van der Waals surface area contributed by atoms with Gasteiger partial charge in [-0.1, -0.05) is 27.5 Å². The van der Waals surface area contributed by atoms with Gasteiger partial charge < -0.3 is 5.32 Å². The molecule has 1 aromatic carbocycles. The Hall–Kier alpha value is -1.13. The zero-order valence-electron chi connectivity index (χ0n) is 9.46. The number of nitrogens with zero attached hydrogens (tertiary/aromatic N) is 2. The van der Waals surface area contributed by atoms with Crippen LogP contribution in [0.5, 0.6) is 0 Å². The maximum atomic E-state index is 6.01. The highest BCUT2D eigenvalue weighted by molar-refractivity contribution is 9.10. The summed E-state index contributed by atoms with van der Waals surface area (Å²) < 4.78 is 1.04. The van der Waals surface area contributed by atoms with Gasteiger partial charge in [-0.3, -0.25) is 0 Å². The first-order chi connectivity index (χ1) is 8.06. The summed E-state index contributed by atoms with van der Waals surface area (Å²) in [6.45, 7) is 3.71. The third kappa shape index (κ3) is 2.96. The standard InChI is InChI=1S/C12H11BrClN3/c1-7-11(14)15-8(2)16-12(7)17-10-5-3-9(13)4-6-10/h3-6H,1-2H3,(H,15,16,17). The number of aromatic nitrogens is 2. The molecular formula is C12H11BrClN3. The number of rotatable bonds is 2. The summed E-state index contributed by atoms with van der Waals surface area (Å²) in [5.41, 5.74) is 1.81. The average molecular weight is 313 g/mol. The Morgan fingerprint density at radius 2 is 1.76 bits per heavy atom.